The molecule has 3 rings (SSSR count). The van der Waals surface area contributed by atoms with Gasteiger partial charge in [0.25, 0.3) is 0 Å². The fraction of sp³-hybridized carbons (Fsp3) is 0.286. The first-order valence-electron chi connectivity index (χ1n) is 6.17. The first kappa shape index (κ1) is 12.3. The second-order valence-electron chi connectivity index (χ2n) is 4.73. The molecule has 0 amide bonds. The Labute approximate surface area is 115 Å². The number of nitrogens with zero attached hydrogens (tertiary/aromatic N) is 2. The Morgan fingerprint density at radius 1 is 1.37 bits per heavy atom. The highest BCUT2D eigenvalue weighted by molar-refractivity contribution is 7.09. The molecule has 0 radical (unpaired) electrons. The number of hydrogen-bond acceptors (Lipinski definition) is 4. The van der Waals surface area contributed by atoms with Crippen molar-refractivity contribution in [2.75, 3.05) is 13.1 Å². The van der Waals surface area contributed by atoms with Crippen LogP contribution < -0.4 is 0 Å². The molecule has 98 valence electrons. The van der Waals surface area contributed by atoms with Crippen LogP contribution in [0.3, 0.4) is 0 Å². The predicted molar refractivity (Wildman–Crippen MR) is 73.5 cm³/mol. The number of hydrogen-bond donors (Lipinski definition) is 1. The van der Waals surface area contributed by atoms with E-state index < -0.39 is 5.97 Å². The van der Waals surface area contributed by atoms with Gasteiger partial charge in [-0.25, -0.2) is 9.78 Å². The van der Waals surface area contributed by atoms with E-state index in [0.717, 1.165) is 24.6 Å². The van der Waals surface area contributed by atoms with Crippen molar-refractivity contribution in [3.8, 4) is 0 Å². The maximum atomic E-state index is 10.8. The summed E-state index contributed by atoms with van der Waals surface area (Å²) in [6, 6.07) is 10.5. The van der Waals surface area contributed by atoms with E-state index in [1.807, 2.05) is 6.07 Å². The lowest BCUT2D eigenvalue weighted by Gasteiger charge is -2.39. The van der Waals surface area contributed by atoms with E-state index in [0.29, 0.717) is 5.92 Å². The third-order valence-electron chi connectivity index (χ3n) is 3.36. The van der Waals surface area contributed by atoms with Crippen LogP contribution in [0, 0.1) is 0 Å². The molecule has 0 saturated carbocycles. The zero-order chi connectivity index (χ0) is 13.2. The van der Waals surface area contributed by atoms with Crippen molar-refractivity contribution < 1.29 is 9.90 Å². The molecule has 0 unspecified atom stereocenters. The molecule has 0 atom stereocenters. The Morgan fingerprint density at radius 2 is 2.11 bits per heavy atom. The molecule has 19 heavy (non-hydrogen) atoms. The smallest absolute Gasteiger partial charge is 0.355 e. The summed E-state index contributed by atoms with van der Waals surface area (Å²) in [4.78, 5) is 17.2. The molecule has 1 saturated heterocycles. The SMILES string of the molecule is O=C(O)c1csc(CN2CC(c3ccccc3)C2)n1. The van der Waals surface area contributed by atoms with Crippen LogP contribution in [0.4, 0.5) is 0 Å². The molecule has 1 fully saturated rings. The molecule has 4 nitrogen and oxygen atoms in total. The quantitative estimate of drug-likeness (QED) is 0.930. The molecule has 1 aromatic heterocycles. The summed E-state index contributed by atoms with van der Waals surface area (Å²) in [5.41, 5.74) is 1.53. The van der Waals surface area contributed by atoms with Crippen LogP contribution in [0.25, 0.3) is 0 Å². The molecule has 0 bridgehead atoms. The second kappa shape index (κ2) is 5.11. The van der Waals surface area contributed by atoms with Gasteiger partial charge in [-0.3, -0.25) is 4.90 Å². The molecule has 0 aliphatic carbocycles. The number of thiazole rings is 1. The summed E-state index contributed by atoms with van der Waals surface area (Å²) >= 11 is 1.42. The number of aromatic nitrogens is 1. The van der Waals surface area contributed by atoms with Crippen LogP contribution in [-0.4, -0.2) is 34.0 Å². The number of likely N-dealkylation sites (tertiary alicyclic amines) is 1. The Kier molecular flexibility index (Phi) is 3.31. The van der Waals surface area contributed by atoms with Gasteiger partial charge in [-0.05, 0) is 5.56 Å². The first-order valence-corrected chi connectivity index (χ1v) is 7.05. The monoisotopic (exact) mass is 274 g/mol. The van der Waals surface area contributed by atoms with Crippen molar-refractivity contribution in [2.45, 2.75) is 12.5 Å². The van der Waals surface area contributed by atoms with Gasteiger partial charge in [0.1, 0.15) is 5.01 Å². The number of carboxylic acid groups (broad SMARTS) is 1. The van der Waals surface area contributed by atoms with Crippen LogP contribution in [0.5, 0.6) is 0 Å². The van der Waals surface area contributed by atoms with Gasteiger partial charge >= 0.3 is 5.97 Å². The van der Waals surface area contributed by atoms with Crippen molar-refractivity contribution in [2.24, 2.45) is 0 Å². The minimum atomic E-state index is -0.951. The van der Waals surface area contributed by atoms with Gasteiger partial charge in [0.05, 0.1) is 6.54 Å². The summed E-state index contributed by atoms with van der Waals surface area (Å²) in [6.07, 6.45) is 0. The maximum Gasteiger partial charge on any atom is 0.355 e. The summed E-state index contributed by atoms with van der Waals surface area (Å²) in [5, 5.41) is 11.3. The van der Waals surface area contributed by atoms with Gasteiger partial charge in [-0.1, -0.05) is 30.3 Å². The van der Waals surface area contributed by atoms with Crippen LogP contribution in [0.1, 0.15) is 27.0 Å². The fourth-order valence-electron chi connectivity index (χ4n) is 2.31. The molecule has 5 heteroatoms. The lowest BCUT2D eigenvalue weighted by Crippen LogP contribution is -2.44. The standard InChI is InChI=1S/C14H14N2O2S/c17-14(18)12-9-19-13(15-12)8-16-6-11(7-16)10-4-2-1-3-5-10/h1-5,9,11H,6-8H2,(H,17,18). The van der Waals surface area contributed by atoms with Crippen LogP contribution in [0.2, 0.25) is 0 Å². The van der Waals surface area contributed by atoms with Gasteiger partial charge in [0.15, 0.2) is 5.69 Å². The normalized spacial score (nSPS) is 16.2. The predicted octanol–water partition coefficient (Wildman–Crippen LogP) is 2.44. The summed E-state index contributed by atoms with van der Waals surface area (Å²) in [6.45, 7) is 2.79. The molecular formula is C14H14N2O2S. The highest BCUT2D eigenvalue weighted by Crippen LogP contribution is 2.28. The fourth-order valence-corrected chi connectivity index (χ4v) is 3.12. The number of rotatable bonds is 4. The Balaban J connectivity index is 1.55. The topological polar surface area (TPSA) is 53.4 Å². The van der Waals surface area contributed by atoms with Gasteiger partial charge in [0.2, 0.25) is 0 Å². The number of carbonyl (C=O) groups is 1. The number of aromatic carboxylic acids is 1. The van der Waals surface area contributed by atoms with Crippen LogP contribution in [0.15, 0.2) is 35.7 Å². The highest BCUT2D eigenvalue weighted by atomic mass is 32.1. The zero-order valence-corrected chi connectivity index (χ0v) is 11.1. The molecule has 2 heterocycles. The molecular weight excluding hydrogens is 260 g/mol. The molecule has 1 aliphatic rings. The third-order valence-corrected chi connectivity index (χ3v) is 4.19. The Hall–Kier alpha value is -1.72. The van der Waals surface area contributed by atoms with E-state index in [4.69, 9.17) is 5.11 Å². The molecule has 0 spiro atoms. The van der Waals surface area contributed by atoms with E-state index in [1.165, 1.54) is 16.9 Å². The molecule has 1 N–H and O–H groups in total. The Bertz CT molecular complexity index is 576. The van der Waals surface area contributed by atoms with Crippen molar-refractivity contribution in [3.63, 3.8) is 0 Å². The van der Waals surface area contributed by atoms with Gasteiger partial charge in [-0.2, -0.15) is 0 Å². The van der Waals surface area contributed by atoms with Crippen molar-refractivity contribution in [1.29, 1.82) is 0 Å². The van der Waals surface area contributed by atoms with E-state index in [9.17, 15) is 4.79 Å². The van der Waals surface area contributed by atoms with Crippen molar-refractivity contribution >= 4 is 17.3 Å². The number of carboxylic acids is 1. The lowest BCUT2D eigenvalue weighted by atomic mass is 9.92. The minimum Gasteiger partial charge on any atom is -0.476 e. The third kappa shape index (κ3) is 2.67. The van der Waals surface area contributed by atoms with Crippen LogP contribution in [-0.2, 0) is 6.54 Å². The zero-order valence-electron chi connectivity index (χ0n) is 10.3. The van der Waals surface area contributed by atoms with E-state index in [1.54, 1.807) is 5.38 Å². The maximum absolute atomic E-state index is 10.8. The summed E-state index contributed by atoms with van der Waals surface area (Å²) in [5.74, 6) is -0.353. The van der Waals surface area contributed by atoms with E-state index >= 15 is 0 Å². The van der Waals surface area contributed by atoms with E-state index in [2.05, 4.69) is 34.1 Å². The average molecular weight is 274 g/mol. The largest absolute Gasteiger partial charge is 0.476 e. The first-order chi connectivity index (χ1) is 9.22. The number of benzene rings is 1. The highest BCUT2D eigenvalue weighted by Gasteiger charge is 2.28. The second-order valence-corrected chi connectivity index (χ2v) is 5.68. The Morgan fingerprint density at radius 3 is 2.74 bits per heavy atom. The minimum absolute atomic E-state index is 0.153. The van der Waals surface area contributed by atoms with Crippen LogP contribution >= 0.6 is 11.3 Å². The molecule has 1 aromatic carbocycles. The van der Waals surface area contributed by atoms with Crippen molar-refractivity contribution in [3.05, 3.63) is 52.0 Å². The summed E-state index contributed by atoms with van der Waals surface area (Å²) < 4.78 is 0. The van der Waals surface area contributed by atoms with Gasteiger partial charge < -0.3 is 5.11 Å². The molecule has 1 aliphatic heterocycles. The summed E-state index contributed by atoms with van der Waals surface area (Å²) in [7, 11) is 0. The average Bonchev–Trinajstić information content (AvgIpc) is 2.83. The van der Waals surface area contributed by atoms with Gasteiger partial charge in [-0.15, -0.1) is 11.3 Å². The van der Waals surface area contributed by atoms with Crippen molar-refractivity contribution in [1.82, 2.24) is 9.88 Å². The lowest BCUT2D eigenvalue weighted by molar-refractivity contribution is 0.0690. The van der Waals surface area contributed by atoms with E-state index in [-0.39, 0.29) is 5.69 Å². The van der Waals surface area contributed by atoms with Gasteiger partial charge in [0, 0.05) is 24.4 Å². The molecule has 2 aromatic rings.